The average molecular weight is 554 g/mol. The van der Waals surface area contributed by atoms with E-state index >= 15 is 0 Å². The molecule has 10 nitrogen and oxygen atoms in total. The van der Waals surface area contributed by atoms with E-state index in [9.17, 15) is 9.59 Å². The molecule has 1 rings (SSSR count). The molecule has 224 valence electrons. The highest BCUT2D eigenvalue weighted by atomic mass is 16.6. The van der Waals surface area contributed by atoms with Crippen LogP contribution in [-0.4, -0.2) is 80.0 Å². The third-order valence-electron chi connectivity index (χ3n) is 6.44. The first-order chi connectivity index (χ1) is 18.0. The second kappa shape index (κ2) is 15.6. The number of amides is 1. The molecular formula is C29H51N3O7. The summed E-state index contributed by atoms with van der Waals surface area (Å²) in [5, 5.41) is 2.92. The predicted octanol–water partition coefficient (Wildman–Crippen LogP) is 3.41. The van der Waals surface area contributed by atoms with E-state index in [1.807, 2.05) is 45.9 Å². The number of esters is 1. The Morgan fingerprint density at radius 3 is 2.26 bits per heavy atom. The number of nitrogens with one attached hydrogen (secondary N) is 1. The fraction of sp³-hybridized carbons (Fsp3) is 0.759. The molecule has 0 saturated heterocycles. The van der Waals surface area contributed by atoms with E-state index in [-0.39, 0.29) is 37.4 Å². The summed E-state index contributed by atoms with van der Waals surface area (Å²) in [7, 11) is 1.66. The van der Waals surface area contributed by atoms with Gasteiger partial charge in [0.25, 0.3) is 0 Å². The van der Waals surface area contributed by atoms with Crippen LogP contribution in [0.4, 0.5) is 0 Å². The molecule has 0 aliphatic carbocycles. The van der Waals surface area contributed by atoms with Crippen molar-refractivity contribution in [3.05, 3.63) is 30.1 Å². The van der Waals surface area contributed by atoms with E-state index in [1.54, 1.807) is 41.0 Å². The van der Waals surface area contributed by atoms with Crippen molar-refractivity contribution in [2.75, 3.05) is 40.1 Å². The number of ether oxygens (including phenoxy) is 5. The van der Waals surface area contributed by atoms with Gasteiger partial charge in [-0.05, 0) is 73.9 Å². The summed E-state index contributed by atoms with van der Waals surface area (Å²) >= 11 is 0. The SMILES string of the molecule is COC(C)(C)CCOC(C)(N)CCOC(C)(C)C(=O)OCC(C)(COC(C)C)C(=O)NCCc1ccccn1. The number of carbonyl (C=O) groups excluding carboxylic acids is 2. The van der Waals surface area contributed by atoms with Crippen LogP contribution in [0.3, 0.4) is 0 Å². The van der Waals surface area contributed by atoms with Crippen molar-refractivity contribution in [1.29, 1.82) is 0 Å². The van der Waals surface area contributed by atoms with Gasteiger partial charge in [-0.15, -0.1) is 0 Å². The number of aromatic nitrogens is 1. The van der Waals surface area contributed by atoms with Gasteiger partial charge in [-0.2, -0.15) is 0 Å². The second-order valence-corrected chi connectivity index (χ2v) is 11.8. The molecule has 1 amide bonds. The van der Waals surface area contributed by atoms with Crippen molar-refractivity contribution in [3.63, 3.8) is 0 Å². The van der Waals surface area contributed by atoms with E-state index < -0.39 is 22.7 Å². The van der Waals surface area contributed by atoms with Gasteiger partial charge in [-0.3, -0.25) is 9.78 Å². The molecule has 1 aromatic heterocycles. The molecule has 0 radical (unpaired) electrons. The van der Waals surface area contributed by atoms with Crippen LogP contribution >= 0.6 is 0 Å². The normalized spacial score (nSPS) is 15.5. The Balaban J connectivity index is 2.63. The Bertz CT molecular complexity index is 875. The molecule has 1 aromatic rings. The Hall–Kier alpha value is -2.11. The number of methoxy groups -OCH3 is 1. The maximum Gasteiger partial charge on any atom is 0.337 e. The summed E-state index contributed by atoms with van der Waals surface area (Å²) in [5.41, 5.74) is 3.57. The molecule has 2 atom stereocenters. The molecule has 0 bridgehead atoms. The minimum Gasteiger partial charge on any atom is -0.462 e. The van der Waals surface area contributed by atoms with Crippen molar-refractivity contribution in [1.82, 2.24) is 10.3 Å². The van der Waals surface area contributed by atoms with Crippen LogP contribution in [0.2, 0.25) is 0 Å². The van der Waals surface area contributed by atoms with E-state index in [1.165, 1.54) is 0 Å². The van der Waals surface area contributed by atoms with Gasteiger partial charge in [0.05, 0.1) is 31.5 Å². The van der Waals surface area contributed by atoms with E-state index in [2.05, 4.69) is 10.3 Å². The fourth-order valence-corrected chi connectivity index (χ4v) is 3.26. The highest BCUT2D eigenvalue weighted by molar-refractivity contribution is 5.83. The lowest BCUT2D eigenvalue weighted by molar-refractivity contribution is -0.176. The zero-order valence-electron chi connectivity index (χ0n) is 25.4. The minimum absolute atomic E-state index is 0.0884. The van der Waals surface area contributed by atoms with Crippen LogP contribution < -0.4 is 11.1 Å². The summed E-state index contributed by atoms with van der Waals surface area (Å²) in [6.07, 6.45) is 3.27. The van der Waals surface area contributed by atoms with Crippen LogP contribution in [0.15, 0.2) is 24.4 Å². The standard InChI is InChI=1S/C29H51N3O7/c1-22(2)36-20-28(7,24(33)32-17-13-23-12-10-11-16-31-23)21-37-25(34)27(5,6)38-19-15-29(8,30)39-18-14-26(3,4)35-9/h10-12,16,22H,13-15,17-21,30H2,1-9H3,(H,32,33). The van der Waals surface area contributed by atoms with Crippen molar-refractivity contribution >= 4 is 11.9 Å². The summed E-state index contributed by atoms with van der Waals surface area (Å²) < 4.78 is 28.4. The molecule has 2 unspecified atom stereocenters. The highest BCUT2D eigenvalue weighted by Gasteiger charge is 2.39. The first-order valence-corrected chi connectivity index (χ1v) is 13.6. The van der Waals surface area contributed by atoms with Crippen LogP contribution in [-0.2, 0) is 39.7 Å². The van der Waals surface area contributed by atoms with Crippen LogP contribution in [0.25, 0.3) is 0 Å². The maximum absolute atomic E-state index is 13.1. The van der Waals surface area contributed by atoms with Gasteiger partial charge in [0, 0.05) is 38.4 Å². The zero-order chi connectivity index (χ0) is 29.7. The van der Waals surface area contributed by atoms with Crippen molar-refractivity contribution in [3.8, 4) is 0 Å². The maximum atomic E-state index is 13.1. The summed E-state index contributed by atoms with van der Waals surface area (Å²) in [6, 6.07) is 5.65. The predicted molar refractivity (Wildman–Crippen MR) is 150 cm³/mol. The third-order valence-corrected chi connectivity index (χ3v) is 6.44. The van der Waals surface area contributed by atoms with E-state index in [4.69, 9.17) is 29.4 Å². The molecule has 0 aromatic carbocycles. The number of carbonyl (C=O) groups is 2. The quantitative estimate of drug-likeness (QED) is 0.195. The average Bonchev–Trinajstić information content (AvgIpc) is 2.86. The molecule has 0 aliphatic rings. The van der Waals surface area contributed by atoms with Gasteiger partial charge in [0.2, 0.25) is 5.91 Å². The van der Waals surface area contributed by atoms with Gasteiger partial charge in [0.15, 0.2) is 5.60 Å². The molecular weight excluding hydrogens is 502 g/mol. The van der Waals surface area contributed by atoms with E-state index in [0.29, 0.717) is 32.4 Å². The summed E-state index contributed by atoms with van der Waals surface area (Å²) in [5.74, 6) is -0.848. The van der Waals surface area contributed by atoms with Crippen molar-refractivity contribution in [2.45, 2.75) is 97.7 Å². The van der Waals surface area contributed by atoms with Gasteiger partial charge in [0.1, 0.15) is 17.7 Å². The molecule has 0 fully saturated rings. The van der Waals surface area contributed by atoms with E-state index in [0.717, 1.165) is 5.69 Å². The molecule has 39 heavy (non-hydrogen) atoms. The highest BCUT2D eigenvalue weighted by Crippen LogP contribution is 2.22. The number of hydrogen-bond donors (Lipinski definition) is 2. The van der Waals surface area contributed by atoms with Crippen LogP contribution in [0.1, 0.15) is 73.9 Å². The smallest absolute Gasteiger partial charge is 0.337 e. The molecule has 0 spiro atoms. The largest absolute Gasteiger partial charge is 0.462 e. The lowest BCUT2D eigenvalue weighted by Crippen LogP contribution is -2.48. The van der Waals surface area contributed by atoms with Gasteiger partial charge >= 0.3 is 5.97 Å². The molecule has 10 heteroatoms. The first-order valence-electron chi connectivity index (χ1n) is 13.6. The Morgan fingerprint density at radius 1 is 1.00 bits per heavy atom. The molecule has 0 saturated carbocycles. The van der Waals surface area contributed by atoms with Crippen molar-refractivity contribution in [2.24, 2.45) is 11.1 Å². The monoisotopic (exact) mass is 553 g/mol. The molecule has 1 heterocycles. The van der Waals surface area contributed by atoms with Crippen molar-refractivity contribution < 1.29 is 33.3 Å². The summed E-state index contributed by atoms with van der Waals surface area (Å²) in [6.45, 7) is 15.4. The molecule has 3 N–H and O–H groups in total. The fourth-order valence-electron chi connectivity index (χ4n) is 3.26. The van der Waals surface area contributed by atoms with Gasteiger partial charge in [-0.1, -0.05) is 6.07 Å². The van der Waals surface area contributed by atoms with Gasteiger partial charge < -0.3 is 34.7 Å². The number of rotatable bonds is 19. The topological polar surface area (TPSA) is 131 Å². The first kappa shape index (κ1) is 34.9. The number of hydrogen-bond acceptors (Lipinski definition) is 9. The lowest BCUT2D eigenvalue weighted by atomic mass is 9.91. The minimum atomic E-state index is -1.25. The Labute approximate surface area is 234 Å². The zero-order valence-corrected chi connectivity index (χ0v) is 25.4. The number of pyridine rings is 1. The van der Waals surface area contributed by atoms with Crippen LogP contribution in [0.5, 0.6) is 0 Å². The lowest BCUT2D eigenvalue weighted by Gasteiger charge is -2.32. The Kier molecular flexibility index (Phi) is 14.0. The van der Waals surface area contributed by atoms with Crippen LogP contribution in [0, 0.1) is 5.41 Å². The summed E-state index contributed by atoms with van der Waals surface area (Å²) in [4.78, 5) is 30.3. The van der Waals surface area contributed by atoms with Gasteiger partial charge in [-0.25, -0.2) is 4.79 Å². The second-order valence-electron chi connectivity index (χ2n) is 11.8. The third kappa shape index (κ3) is 13.7. The number of nitrogens with zero attached hydrogens (tertiary/aromatic N) is 1. The molecule has 0 aliphatic heterocycles. The number of nitrogens with two attached hydrogens (primary N) is 1. The Morgan fingerprint density at radius 2 is 1.67 bits per heavy atom.